The van der Waals surface area contributed by atoms with E-state index in [0.29, 0.717) is 5.56 Å². The molecule has 0 unspecified atom stereocenters. The number of methoxy groups -OCH3 is 1. The summed E-state index contributed by atoms with van der Waals surface area (Å²) < 4.78 is 7.32. The zero-order chi connectivity index (χ0) is 11.7. The monoisotopic (exact) mass is 237 g/mol. The minimum absolute atomic E-state index is 0.000963. The van der Waals surface area contributed by atoms with Crippen LogP contribution < -0.4 is 4.87 Å². The number of ketones is 1. The zero-order valence-corrected chi connectivity index (χ0v) is 9.84. The van der Waals surface area contributed by atoms with Crippen molar-refractivity contribution in [3.8, 4) is 0 Å². The third kappa shape index (κ3) is 1.79. The van der Waals surface area contributed by atoms with Crippen LogP contribution in [0.15, 0.2) is 23.0 Å². The summed E-state index contributed by atoms with van der Waals surface area (Å²) >= 11 is 1.13. The van der Waals surface area contributed by atoms with Gasteiger partial charge >= 0.3 is 4.87 Å². The largest absolute Gasteiger partial charge is 0.364 e. The molecule has 1 aromatic heterocycles. The molecule has 1 aromatic carbocycles. The van der Waals surface area contributed by atoms with Crippen LogP contribution in [0.4, 0.5) is 0 Å². The Morgan fingerprint density at radius 3 is 2.88 bits per heavy atom. The second-order valence-electron chi connectivity index (χ2n) is 3.45. The summed E-state index contributed by atoms with van der Waals surface area (Å²) in [5, 5.41) is 0. The molecule has 5 heteroatoms. The molecule has 2 rings (SSSR count). The van der Waals surface area contributed by atoms with Crippen molar-refractivity contribution in [3.05, 3.63) is 33.4 Å². The van der Waals surface area contributed by atoms with Crippen molar-refractivity contribution in [1.82, 2.24) is 4.57 Å². The fourth-order valence-electron chi connectivity index (χ4n) is 1.54. The lowest BCUT2D eigenvalue weighted by atomic mass is 10.1. The topological polar surface area (TPSA) is 48.3 Å². The Labute approximate surface area is 96.1 Å². The maximum Gasteiger partial charge on any atom is 0.310 e. The highest BCUT2D eigenvalue weighted by molar-refractivity contribution is 7.16. The number of fused-ring (bicyclic) bond motifs is 1. The molecule has 2 aromatic rings. The van der Waals surface area contributed by atoms with E-state index in [2.05, 4.69) is 0 Å². The molecule has 0 amide bonds. The first-order valence-corrected chi connectivity index (χ1v) is 5.58. The van der Waals surface area contributed by atoms with Gasteiger partial charge in [-0.15, -0.1) is 0 Å². The predicted molar refractivity (Wildman–Crippen MR) is 63.1 cm³/mol. The average molecular weight is 237 g/mol. The highest BCUT2D eigenvalue weighted by atomic mass is 32.1. The van der Waals surface area contributed by atoms with Crippen molar-refractivity contribution in [2.75, 3.05) is 7.11 Å². The Hall–Kier alpha value is -1.46. The second-order valence-corrected chi connectivity index (χ2v) is 4.45. The van der Waals surface area contributed by atoms with Gasteiger partial charge in [-0.2, -0.15) is 0 Å². The molecule has 0 radical (unpaired) electrons. The van der Waals surface area contributed by atoms with Gasteiger partial charge in [-0.3, -0.25) is 14.2 Å². The molecule has 0 aliphatic heterocycles. The van der Waals surface area contributed by atoms with E-state index >= 15 is 0 Å². The third-order valence-electron chi connectivity index (χ3n) is 2.33. The number of hydrogen-bond acceptors (Lipinski definition) is 4. The first kappa shape index (κ1) is 11.0. The van der Waals surface area contributed by atoms with Gasteiger partial charge in [0.1, 0.15) is 6.73 Å². The second kappa shape index (κ2) is 4.19. The lowest BCUT2D eigenvalue weighted by Gasteiger charge is -2.01. The Kier molecular flexibility index (Phi) is 2.89. The number of benzene rings is 1. The van der Waals surface area contributed by atoms with E-state index in [1.807, 2.05) is 0 Å². The first-order valence-electron chi connectivity index (χ1n) is 4.76. The SMILES string of the molecule is COCn1c(=O)sc2cc(C(C)=O)ccc21. The summed E-state index contributed by atoms with van der Waals surface area (Å²) in [5.74, 6) is 0.000963. The number of Topliss-reactive ketones (excluding diaryl/α,β-unsaturated/α-hetero) is 1. The van der Waals surface area contributed by atoms with Crippen molar-refractivity contribution in [2.45, 2.75) is 13.7 Å². The predicted octanol–water partition coefficient (Wildman–Crippen LogP) is 1.87. The van der Waals surface area contributed by atoms with Crippen molar-refractivity contribution >= 4 is 27.3 Å². The smallest absolute Gasteiger partial charge is 0.310 e. The first-order chi connectivity index (χ1) is 7.63. The van der Waals surface area contributed by atoms with Gasteiger partial charge in [0.05, 0.1) is 10.2 Å². The molecule has 0 aliphatic rings. The quantitative estimate of drug-likeness (QED) is 0.766. The van der Waals surface area contributed by atoms with Gasteiger partial charge in [0.15, 0.2) is 5.78 Å². The van der Waals surface area contributed by atoms with Crippen LogP contribution in [0.2, 0.25) is 0 Å². The van der Waals surface area contributed by atoms with E-state index in [0.717, 1.165) is 21.6 Å². The molecule has 0 atom stereocenters. The average Bonchev–Trinajstić information content (AvgIpc) is 2.55. The molecular formula is C11H11NO3S. The summed E-state index contributed by atoms with van der Waals surface area (Å²) in [5.41, 5.74) is 1.43. The molecule has 0 saturated carbocycles. The van der Waals surface area contributed by atoms with Crippen LogP contribution in [0.25, 0.3) is 10.2 Å². The van der Waals surface area contributed by atoms with E-state index in [1.165, 1.54) is 6.92 Å². The standard InChI is InChI=1S/C11H11NO3S/c1-7(13)8-3-4-9-10(5-8)16-11(14)12(9)6-15-2/h3-5H,6H2,1-2H3. The van der Waals surface area contributed by atoms with Gasteiger partial charge < -0.3 is 4.74 Å². The lowest BCUT2D eigenvalue weighted by Crippen LogP contribution is -2.13. The van der Waals surface area contributed by atoms with Crippen molar-refractivity contribution in [3.63, 3.8) is 0 Å². The highest BCUT2D eigenvalue weighted by Gasteiger charge is 2.08. The summed E-state index contributed by atoms with van der Waals surface area (Å²) in [6, 6.07) is 5.25. The number of ether oxygens (including phenoxy) is 1. The van der Waals surface area contributed by atoms with Crippen molar-refractivity contribution < 1.29 is 9.53 Å². The van der Waals surface area contributed by atoms with E-state index in [1.54, 1.807) is 29.9 Å². The number of carbonyl (C=O) groups is 1. The van der Waals surface area contributed by atoms with E-state index in [4.69, 9.17) is 4.74 Å². The van der Waals surface area contributed by atoms with Gasteiger partial charge in [-0.1, -0.05) is 11.3 Å². The van der Waals surface area contributed by atoms with Gasteiger partial charge in [0.25, 0.3) is 0 Å². The summed E-state index contributed by atoms with van der Waals surface area (Å²) in [6.45, 7) is 1.74. The lowest BCUT2D eigenvalue weighted by molar-refractivity contribution is 0.101. The third-order valence-corrected chi connectivity index (χ3v) is 3.27. The van der Waals surface area contributed by atoms with Gasteiger partial charge in [0.2, 0.25) is 0 Å². The van der Waals surface area contributed by atoms with Gasteiger partial charge in [-0.05, 0) is 25.1 Å². The minimum atomic E-state index is -0.0717. The molecule has 0 aliphatic carbocycles. The van der Waals surface area contributed by atoms with Crippen LogP contribution in [0.1, 0.15) is 17.3 Å². The Morgan fingerprint density at radius 2 is 2.25 bits per heavy atom. The molecule has 16 heavy (non-hydrogen) atoms. The van der Waals surface area contributed by atoms with Crippen LogP contribution >= 0.6 is 11.3 Å². The Balaban J connectivity index is 2.65. The fourth-order valence-corrected chi connectivity index (χ4v) is 2.45. The molecule has 0 fully saturated rings. The summed E-state index contributed by atoms with van der Waals surface area (Å²) in [6.07, 6.45) is 0. The molecule has 0 bridgehead atoms. The Morgan fingerprint density at radius 1 is 1.50 bits per heavy atom. The van der Waals surface area contributed by atoms with E-state index in [9.17, 15) is 9.59 Å². The van der Waals surface area contributed by atoms with Gasteiger partial charge in [0, 0.05) is 12.7 Å². The maximum atomic E-state index is 11.6. The Bertz CT molecular complexity index is 597. The molecular weight excluding hydrogens is 226 g/mol. The number of rotatable bonds is 3. The molecule has 4 nitrogen and oxygen atoms in total. The van der Waals surface area contributed by atoms with Crippen LogP contribution in [-0.2, 0) is 11.5 Å². The zero-order valence-electron chi connectivity index (χ0n) is 9.02. The minimum Gasteiger partial charge on any atom is -0.364 e. The van der Waals surface area contributed by atoms with Crippen molar-refractivity contribution in [1.29, 1.82) is 0 Å². The molecule has 1 heterocycles. The molecule has 0 N–H and O–H groups in total. The molecule has 0 saturated heterocycles. The van der Waals surface area contributed by atoms with E-state index < -0.39 is 0 Å². The molecule has 84 valence electrons. The van der Waals surface area contributed by atoms with Crippen LogP contribution in [0.3, 0.4) is 0 Å². The normalized spacial score (nSPS) is 10.9. The number of carbonyl (C=O) groups excluding carboxylic acids is 1. The number of aromatic nitrogens is 1. The number of thiazole rings is 1. The van der Waals surface area contributed by atoms with Crippen molar-refractivity contribution in [2.24, 2.45) is 0 Å². The number of hydrogen-bond donors (Lipinski definition) is 0. The van der Waals surface area contributed by atoms with Crippen LogP contribution in [0.5, 0.6) is 0 Å². The van der Waals surface area contributed by atoms with E-state index in [-0.39, 0.29) is 17.4 Å². The maximum absolute atomic E-state index is 11.6. The highest BCUT2D eigenvalue weighted by Crippen LogP contribution is 2.19. The fraction of sp³-hybridized carbons (Fsp3) is 0.273. The summed E-state index contributed by atoms with van der Waals surface area (Å²) in [7, 11) is 1.54. The van der Waals surface area contributed by atoms with Crippen LogP contribution in [0, 0.1) is 0 Å². The summed E-state index contributed by atoms with van der Waals surface area (Å²) in [4.78, 5) is 22.8. The van der Waals surface area contributed by atoms with Crippen LogP contribution in [-0.4, -0.2) is 17.5 Å². The number of nitrogens with zero attached hydrogens (tertiary/aromatic N) is 1. The molecule has 0 spiro atoms. The van der Waals surface area contributed by atoms with Gasteiger partial charge in [-0.25, -0.2) is 0 Å².